The number of rotatable bonds is 12. The van der Waals surface area contributed by atoms with E-state index in [1.54, 1.807) is 0 Å². The predicted octanol–water partition coefficient (Wildman–Crippen LogP) is 4.76. The van der Waals surface area contributed by atoms with Crippen LogP contribution in [0.2, 0.25) is 0 Å². The topological polar surface area (TPSA) is 32.8 Å². The first-order valence-corrected chi connectivity index (χ1v) is 10.8. The molecule has 0 bridgehead atoms. The van der Waals surface area contributed by atoms with Crippen LogP contribution in [0.25, 0.3) is 0 Å². The first-order valence-electron chi connectivity index (χ1n) is 10.8. The molecule has 0 heterocycles. The van der Waals surface area contributed by atoms with Crippen molar-refractivity contribution in [3.63, 3.8) is 0 Å². The highest BCUT2D eigenvalue weighted by molar-refractivity contribution is 5.94. The summed E-state index contributed by atoms with van der Waals surface area (Å²) < 4.78 is 6.10. The van der Waals surface area contributed by atoms with Crippen LogP contribution < -0.4 is 0 Å². The molecule has 4 nitrogen and oxygen atoms in total. The van der Waals surface area contributed by atoms with Crippen LogP contribution in [-0.4, -0.2) is 61.6 Å². The first-order chi connectivity index (χ1) is 13.6. The molecule has 2 rings (SSSR count). The number of unbranched alkanes of at least 4 members (excludes halogenated alkanes) is 3. The van der Waals surface area contributed by atoms with E-state index in [1.165, 1.54) is 19.3 Å². The SMILES string of the molecule is C=CCN(C)CCCCCCOC1CCC(N(C)C(=O)c2ccccc2)CC1. The second kappa shape index (κ2) is 12.7. The van der Waals surface area contributed by atoms with Gasteiger partial charge in [0.2, 0.25) is 0 Å². The van der Waals surface area contributed by atoms with Crippen LogP contribution in [0.3, 0.4) is 0 Å². The summed E-state index contributed by atoms with van der Waals surface area (Å²) in [6, 6.07) is 9.91. The van der Waals surface area contributed by atoms with Gasteiger partial charge in [0.15, 0.2) is 0 Å². The summed E-state index contributed by atoms with van der Waals surface area (Å²) in [5.41, 5.74) is 0.777. The number of hydrogen-bond donors (Lipinski definition) is 0. The number of amides is 1. The Morgan fingerprint density at radius 1 is 1.07 bits per heavy atom. The van der Waals surface area contributed by atoms with Crippen molar-refractivity contribution in [2.24, 2.45) is 0 Å². The number of nitrogens with zero attached hydrogens (tertiary/aromatic N) is 2. The van der Waals surface area contributed by atoms with E-state index in [1.807, 2.05) is 48.4 Å². The quantitative estimate of drug-likeness (QED) is 0.383. The zero-order valence-electron chi connectivity index (χ0n) is 17.8. The molecule has 4 heteroatoms. The van der Waals surface area contributed by atoms with E-state index >= 15 is 0 Å². The van der Waals surface area contributed by atoms with Crippen molar-refractivity contribution in [1.82, 2.24) is 9.80 Å². The van der Waals surface area contributed by atoms with E-state index < -0.39 is 0 Å². The second-order valence-corrected chi connectivity index (χ2v) is 8.05. The summed E-state index contributed by atoms with van der Waals surface area (Å²) >= 11 is 0. The van der Waals surface area contributed by atoms with Gasteiger partial charge >= 0.3 is 0 Å². The van der Waals surface area contributed by atoms with Crippen LogP contribution in [0.1, 0.15) is 61.7 Å². The molecule has 1 aliphatic rings. The summed E-state index contributed by atoms with van der Waals surface area (Å²) in [4.78, 5) is 16.8. The molecular weight excluding hydrogens is 348 g/mol. The Labute approximate surface area is 171 Å². The molecule has 0 unspecified atom stereocenters. The summed E-state index contributed by atoms with van der Waals surface area (Å²) in [5, 5.41) is 0. The fraction of sp³-hybridized carbons (Fsp3) is 0.625. The number of benzene rings is 1. The van der Waals surface area contributed by atoms with Crippen molar-refractivity contribution in [3.05, 3.63) is 48.6 Å². The van der Waals surface area contributed by atoms with Gasteiger partial charge in [0.05, 0.1) is 6.10 Å². The fourth-order valence-corrected chi connectivity index (χ4v) is 3.95. The molecule has 0 radical (unpaired) electrons. The lowest BCUT2D eigenvalue weighted by Gasteiger charge is -2.34. The lowest BCUT2D eigenvalue weighted by Crippen LogP contribution is -2.40. The molecule has 1 aliphatic carbocycles. The van der Waals surface area contributed by atoms with Gasteiger partial charge < -0.3 is 14.5 Å². The van der Waals surface area contributed by atoms with Crippen molar-refractivity contribution in [1.29, 1.82) is 0 Å². The first kappa shape index (κ1) is 22.6. The third-order valence-corrected chi connectivity index (χ3v) is 5.76. The van der Waals surface area contributed by atoms with Crippen molar-refractivity contribution in [3.8, 4) is 0 Å². The van der Waals surface area contributed by atoms with Gasteiger partial charge in [0.25, 0.3) is 5.91 Å². The molecule has 1 saturated carbocycles. The van der Waals surface area contributed by atoms with Crippen LogP contribution in [-0.2, 0) is 4.74 Å². The molecule has 0 spiro atoms. The lowest BCUT2D eigenvalue weighted by atomic mass is 9.91. The molecule has 0 saturated heterocycles. The number of carbonyl (C=O) groups is 1. The second-order valence-electron chi connectivity index (χ2n) is 8.05. The van der Waals surface area contributed by atoms with Crippen molar-refractivity contribution < 1.29 is 9.53 Å². The van der Waals surface area contributed by atoms with Crippen LogP contribution in [0, 0.1) is 0 Å². The van der Waals surface area contributed by atoms with Gasteiger partial charge in [-0.1, -0.05) is 37.1 Å². The molecule has 0 aliphatic heterocycles. The molecule has 1 amide bonds. The maximum atomic E-state index is 12.6. The number of likely N-dealkylation sites (N-methyl/N-ethyl adjacent to an activating group) is 1. The predicted molar refractivity (Wildman–Crippen MR) is 117 cm³/mol. The Morgan fingerprint density at radius 2 is 1.75 bits per heavy atom. The minimum atomic E-state index is 0.128. The van der Waals surface area contributed by atoms with E-state index in [-0.39, 0.29) is 5.91 Å². The Morgan fingerprint density at radius 3 is 2.43 bits per heavy atom. The molecule has 28 heavy (non-hydrogen) atoms. The van der Waals surface area contributed by atoms with Crippen LogP contribution in [0.5, 0.6) is 0 Å². The van der Waals surface area contributed by atoms with Crippen LogP contribution in [0.15, 0.2) is 43.0 Å². The molecule has 0 atom stereocenters. The maximum Gasteiger partial charge on any atom is 0.253 e. The average Bonchev–Trinajstić information content (AvgIpc) is 2.73. The van der Waals surface area contributed by atoms with E-state index in [0.717, 1.165) is 57.4 Å². The molecule has 0 N–H and O–H groups in total. The number of ether oxygens (including phenoxy) is 1. The average molecular weight is 387 g/mol. The summed E-state index contributed by atoms with van der Waals surface area (Å²) in [7, 11) is 4.08. The Balaban J connectivity index is 1.55. The molecular formula is C24H38N2O2. The zero-order valence-corrected chi connectivity index (χ0v) is 17.8. The molecule has 1 aromatic rings. The largest absolute Gasteiger partial charge is 0.378 e. The molecule has 1 fully saturated rings. The smallest absolute Gasteiger partial charge is 0.253 e. The van der Waals surface area contributed by atoms with E-state index in [2.05, 4.69) is 18.5 Å². The lowest BCUT2D eigenvalue weighted by molar-refractivity contribution is 0.00908. The molecule has 156 valence electrons. The van der Waals surface area contributed by atoms with E-state index in [4.69, 9.17) is 4.74 Å². The summed E-state index contributed by atoms with van der Waals surface area (Å²) in [6.45, 7) is 6.76. The number of carbonyl (C=O) groups excluding carboxylic acids is 1. The summed E-state index contributed by atoms with van der Waals surface area (Å²) in [5.74, 6) is 0.128. The molecule has 1 aromatic carbocycles. The Hall–Kier alpha value is -1.65. The minimum Gasteiger partial charge on any atom is -0.378 e. The van der Waals surface area contributed by atoms with Gasteiger partial charge in [0, 0.05) is 31.8 Å². The van der Waals surface area contributed by atoms with E-state index in [9.17, 15) is 4.79 Å². The van der Waals surface area contributed by atoms with Gasteiger partial charge in [-0.15, -0.1) is 6.58 Å². The van der Waals surface area contributed by atoms with Crippen molar-refractivity contribution >= 4 is 5.91 Å². The monoisotopic (exact) mass is 386 g/mol. The van der Waals surface area contributed by atoms with Crippen molar-refractivity contribution in [2.75, 3.05) is 33.8 Å². The molecule has 0 aromatic heterocycles. The van der Waals surface area contributed by atoms with E-state index in [0.29, 0.717) is 12.1 Å². The van der Waals surface area contributed by atoms with Gasteiger partial charge in [-0.25, -0.2) is 0 Å². The highest BCUT2D eigenvalue weighted by atomic mass is 16.5. The highest BCUT2D eigenvalue weighted by Gasteiger charge is 2.27. The number of hydrogen-bond acceptors (Lipinski definition) is 3. The van der Waals surface area contributed by atoms with Crippen LogP contribution >= 0.6 is 0 Å². The standard InChI is InChI=1S/C24H38N2O2/c1-4-18-25(2)19-10-5-6-11-20-28-23-16-14-22(15-17-23)26(3)24(27)21-12-8-7-9-13-21/h4,7-9,12-13,22-23H,1,5-6,10-11,14-20H2,2-3H3. The van der Waals surface area contributed by atoms with Gasteiger partial charge in [-0.3, -0.25) is 4.79 Å². The van der Waals surface area contributed by atoms with Crippen LogP contribution in [0.4, 0.5) is 0 Å². The van der Waals surface area contributed by atoms with Gasteiger partial charge in [-0.2, -0.15) is 0 Å². The normalized spacial score (nSPS) is 19.5. The zero-order chi connectivity index (χ0) is 20.2. The maximum absolute atomic E-state index is 12.6. The minimum absolute atomic E-state index is 0.128. The summed E-state index contributed by atoms with van der Waals surface area (Å²) in [6.07, 6.45) is 11.4. The Kier molecular flexibility index (Phi) is 10.3. The van der Waals surface area contributed by atoms with Gasteiger partial charge in [-0.05, 0) is 64.3 Å². The third-order valence-electron chi connectivity index (χ3n) is 5.76. The Bertz CT molecular complexity index is 567. The fourth-order valence-electron chi connectivity index (χ4n) is 3.95. The van der Waals surface area contributed by atoms with Crippen molar-refractivity contribution in [2.45, 2.75) is 63.5 Å². The third kappa shape index (κ3) is 7.76. The van der Waals surface area contributed by atoms with Gasteiger partial charge in [0.1, 0.15) is 0 Å². The highest BCUT2D eigenvalue weighted by Crippen LogP contribution is 2.25.